The normalized spacial score (nSPS) is 14.5. The van der Waals surface area contributed by atoms with E-state index < -0.39 is 6.23 Å². The first kappa shape index (κ1) is 23.6. The Balaban J connectivity index is 1.67. The van der Waals surface area contributed by atoms with Gasteiger partial charge in [0.15, 0.2) is 23.4 Å². The van der Waals surface area contributed by atoms with Crippen molar-refractivity contribution in [3.05, 3.63) is 46.4 Å². The summed E-state index contributed by atoms with van der Waals surface area (Å²) in [7, 11) is 0. The van der Waals surface area contributed by atoms with Crippen LogP contribution >= 0.6 is 27.7 Å². The molecular weight excluding hydrogens is 504 g/mol. The van der Waals surface area contributed by atoms with Crippen molar-refractivity contribution in [2.75, 3.05) is 17.7 Å². The first-order valence-corrected chi connectivity index (χ1v) is 12.9. The maximum atomic E-state index is 10.1. The largest absolute Gasteiger partial charge is 0.504 e. The van der Waals surface area contributed by atoms with Crippen molar-refractivity contribution in [1.82, 2.24) is 15.2 Å². The number of nitrogens with one attached hydrogen (secondary N) is 1. The first-order valence-electron chi connectivity index (χ1n) is 11.2. The van der Waals surface area contributed by atoms with Crippen LogP contribution < -0.4 is 14.8 Å². The topological polar surface area (TPSA) is 89.4 Å². The Morgan fingerprint density at radius 1 is 1.12 bits per heavy atom. The van der Waals surface area contributed by atoms with Gasteiger partial charge in [-0.25, -0.2) is 0 Å². The summed E-state index contributed by atoms with van der Waals surface area (Å²) in [5.41, 5.74) is 3.08. The smallest absolute Gasteiger partial charge is 0.247 e. The fourth-order valence-corrected chi connectivity index (χ4v) is 4.68. The summed E-state index contributed by atoms with van der Waals surface area (Å²) < 4.78 is 12.8. The number of hydrogen-bond donors (Lipinski definition) is 2. The van der Waals surface area contributed by atoms with E-state index in [4.69, 9.17) is 14.5 Å². The number of fused-ring (bicyclic) bond motifs is 3. The van der Waals surface area contributed by atoms with Crippen LogP contribution in [-0.4, -0.2) is 32.6 Å². The monoisotopic (exact) mass is 530 g/mol. The second kappa shape index (κ2) is 11.1. The van der Waals surface area contributed by atoms with E-state index in [1.807, 2.05) is 25.1 Å². The Hall–Kier alpha value is -2.52. The molecule has 0 amide bonds. The third-order valence-corrected chi connectivity index (χ3v) is 6.62. The van der Waals surface area contributed by atoms with Gasteiger partial charge in [-0.1, -0.05) is 53.9 Å². The number of hydrogen-bond acceptors (Lipinski definition) is 8. The zero-order valence-electron chi connectivity index (χ0n) is 18.7. The molecule has 2 heterocycles. The molecule has 33 heavy (non-hydrogen) atoms. The van der Waals surface area contributed by atoms with Crippen LogP contribution in [0, 0.1) is 0 Å². The minimum Gasteiger partial charge on any atom is -0.504 e. The summed E-state index contributed by atoms with van der Waals surface area (Å²) in [6, 6.07) is 11.1. The highest BCUT2D eigenvalue weighted by atomic mass is 79.9. The van der Waals surface area contributed by atoms with Gasteiger partial charge in [-0.2, -0.15) is 4.98 Å². The number of ether oxygens (including phenoxy) is 2. The summed E-state index contributed by atoms with van der Waals surface area (Å²) in [5.74, 6) is 1.86. The summed E-state index contributed by atoms with van der Waals surface area (Å²) >= 11 is 5.14. The van der Waals surface area contributed by atoms with Crippen molar-refractivity contribution < 1.29 is 14.6 Å². The number of phenols is 1. The molecule has 0 aliphatic carbocycles. The Kier molecular flexibility index (Phi) is 7.93. The Bertz CT molecular complexity index is 1120. The fraction of sp³-hybridized carbons (Fsp3) is 0.375. The van der Waals surface area contributed by atoms with Gasteiger partial charge in [0.05, 0.1) is 6.61 Å². The van der Waals surface area contributed by atoms with Crippen LogP contribution in [0.2, 0.25) is 0 Å². The number of anilines is 1. The summed E-state index contributed by atoms with van der Waals surface area (Å²) in [6.45, 7) is 4.53. The fourth-order valence-electron chi connectivity index (χ4n) is 3.54. The number of aromatic nitrogens is 3. The van der Waals surface area contributed by atoms with Crippen molar-refractivity contribution in [2.24, 2.45) is 0 Å². The average Bonchev–Trinajstić information content (AvgIpc) is 2.97. The minimum atomic E-state index is -0.551. The van der Waals surface area contributed by atoms with Crippen molar-refractivity contribution in [3.8, 4) is 28.6 Å². The third-order valence-electron chi connectivity index (χ3n) is 5.20. The number of benzene rings is 2. The molecule has 0 radical (unpaired) electrons. The lowest BCUT2D eigenvalue weighted by atomic mass is 10.1. The van der Waals surface area contributed by atoms with Crippen LogP contribution in [0.15, 0.2) is 46.0 Å². The number of phenolic OH excluding ortho intramolecular Hbond substituents is 1. The third kappa shape index (κ3) is 5.70. The number of nitrogens with zero attached hydrogens (tertiary/aromatic N) is 3. The molecule has 9 heteroatoms. The van der Waals surface area contributed by atoms with Gasteiger partial charge in [-0.3, -0.25) is 0 Å². The van der Waals surface area contributed by atoms with Gasteiger partial charge < -0.3 is 19.9 Å². The highest BCUT2D eigenvalue weighted by molar-refractivity contribution is 9.10. The van der Waals surface area contributed by atoms with Gasteiger partial charge in [-0.05, 0) is 49.7 Å². The van der Waals surface area contributed by atoms with E-state index in [0.29, 0.717) is 29.1 Å². The Morgan fingerprint density at radius 2 is 2.00 bits per heavy atom. The van der Waals surface area contributed by atoms with E-state index in [9.17, 15) is 5.11 Å². The lowest BCUT2D eigenvalue weighted by Crippen LogP contribution is -2.17. The molecule has 0 saturated carbocycles. The molecule has 174 valence electrons. The van der Waals surface area contributed by atoms with Crippen LogP contribution in [0.3, 0.4) is 0 Å². The quantitative estimate of drug-likeness (QED) is 0.236. The summed E-state index contributed by atoms with van der Waals surface area (Å²) in [5, 5.41) is 23.0. The molecule has 1 aliphatic rings. The number of thioether (sulfide) groups is 1. The SMILES string of the molecule is CCCCCCSc1nnc2c(n1)OC(c1ccc(O)c(OCC)c1)Nc1ccc(Br)cc1-2. The van der Waals surface area contributed by atoms with Gasteiger partial charge in [0.1, 0.15) is 0 Å². The van der Waals surface area contributed by atoms with Gasteiger partial charge >= 0.3 is 0 Å². The predicted molar refractivity (Wildman–Crippen MR) is 134 cm³/mol. The number of unbranched alkanes of at least 4 members (excludes halogenated alkanes) is 3. The van der Waals surface area contributed by atoms with Gasteiger partial charge in [0.25, 0.3) is 0 Å². The van der Waals surface area contributed by atoms with E-state index in [-0.39, 0.29) is 5.75 Å². The Labute approximate surface area is 206 Å². The van der Waals surface area contributed by atoms with Crippen molar-refractivity contribution >= 4 is 33.4 Å². The van der Waals surface area contributed by atoms with Gasteiger partial charge in [0.2, 0.25) is 11.0 Å². The summed E-state index contributed by atoms with van der Waals surface area (Å²) in [4.78, 5) is 4.70. The highest BCUT2D eigenvalue weighted by Crippen LogP contribution is 2.41. The molecule has 0 fully saturated rings. The molecule has 2 aromatic carbocycles. The number of rotatable bonds is 9. The van der Waals surface area contributed by atoms with Crippen LogP contribution in [0.1, 0.15) is 51.3 Å². The number of halogens is 1. The van der Waals surface area contributed by atoms with E-state index in [1.165, 1.54) is 19.3 Å². The molecule has 3 aromatic rings. The van der Waals surface area contributed by atoms with Crippen LogP contribution in [0.25, 0.3) is 11.3 Å². The molecule has 0 bridgehead atoms. The second-order valence-electron chi connectivity index (χ2n) is 7.65. The van der Waals surface area contributed by atoms with Crippen LogP contribution in [-0.2, 0) is 0 Å². The Morgan fingerprint density at radius 3 is 2.82 bits per heavy atom. The molecule has 1 aliphatic heterocycles. The van der Waals surface area contributed by atoms with Crippen molar-refractivity contribution in [3.63, 3.8) is 0 Å². The van der Waals surface area contributed by atoms with E-state index in [2.05, 4.69) is 38.4 Å². The van der Waals surface area contributed by atoms with E-state index in [1.54, 1.807) is 30.0 Å². The zero-order chi connectivity index (χ0) is 23.2. The molecule has 0 saturated heterocycles. The first-order chi connectivity index (χ1) is 16.1. The molecule has 4 rings (SSSR count). The number of aromatic hydroxyl groups is 1. The average molecular weight is 531 g/mol. The standard InChI is InChI=1S/C24H27BrN4O3S/c1-3-5-6-7-12-33-24-27-23-21(28-29-24)17-14-16(25)9-10-18(17)26-22(32-23)15-8-11-19(30)20(13-15)31-4-2/h8-11,13-14,22,26,30H,3-7,12H2,1-2H3. The highest BCUT2D eigenvalue weighted by Gasteiger charge is 2.27. The summed E-state index contributed by atoms with van der Waals surface area (Å²) in [6.07, 6.45) is 4.22. The molecule has 1 atom stereocenters. The van der Waals surface area contributed by atoms with Crippen LogP contribution in [0.5, 0.6) is 17.4 Å². The second-order valence-corrected chi connectivity index (χ2v) is 9.63. The van der Waals surface area contributed by atoms with Crippen molar-refractivity contribution in [2.45, 2.75) is 50.9 Å². The maximum Gasteiger partial charge on any atom is 0.247 e. The molecule has 2 N–H and O–H groups in total. The zero-order valence-corrected chi connectivity index (χ0v) is 21.1. The predicted octanol–water partition coefficient (Wildman–Crippen LogP) is 6.58. The van der Waals surface area contributed by atoms with Crippen LogP contribution in [0.4, 0.5) is 5.69 Å². The minimum absolute atomic E-state index is 0.0877. The van der Waals surface area contributed by atoms with E-state index in [0.717, 1.165) is 33.5 Å². The lowest BCUT2D eigenvalue weighted by molar-refractivity contribution is 0.224. The lowest BCUT2D eigenvalue weighted by Gasteiger charge is -2.20. The van der Waals surface area contributed by atoms with Gasteiger partial charge in [-0.15, -0.1) is 10.2 Å². The molecular formula is C24H27BrN4O3S. The van der Waals surface area contributed by atoms with E-state index >= 15 is 0 Å². The molecule has 1 unspecified atom stereocenters. The molecule has 1 aromatic heterocycles. The molecule has 0 spiro atoms. The van der Waals surface area contributed by atoms with Gasteiger partial charge in [0, 0.05) is 27.0 Å². The van der Waals surface area contributed by atoms with Crippen molar-refractivity contribution in [1.29, 1.82) is 0 Å². The molecule has 7 nitrogen and oxygen atoms in total. The maximum absolute atomic E-state index is 10.1.